The number of carbonyl (C=O) groups excluding carboxylic acids is 1. The van der Waals surface area contributed by atoms with E-state index in [4.69, 9.17) is 9.26 Å². The summed E-state index contributed by atoms with van der Waals surface area (Å²) < 4.78 is 10.2. The van der Waals surface area contributed by atoms with Crippen LogP contribution in [0, 0.1) is 0 Å². The summed E-state index contributed by atoms with van der Waals surface area (Å²) in [5.41, 5.74) is 1.82. The predicted molar refractivity (Wildman–Crippen MR) is 85.3 cm³/mol. The van der Waals surface area contributed by atoms with Crippen LogP contribution < -0.4 is 0 Å². The number of aromatic amines is 1. The number of hydrogen-bond acceptors (Lipinski definition) is 6. The maximum Gasteiger partial charge on any atom is 0.409 e. The fourth-order valence-electron chi connectivity index (χ4n) is 3.03. The molecule has 0 spiro atoms. The van der Waals surface area contributed by atoms with Gasteiger partial charge in [0, 0.05) is 30.0 Å². The lowest BCUT2D eigenvalue weighted by molar-refractivity contribution is 0.109. The topological polar surface area (TPSA) is 97.1 Å². The minimum absolute atomic E-state index is 0.169. The van der Waals surface area contributed by atoms with Gasteiger partial charge in [0.2, 0.25) is 11.7 Å². The Kier molecular flexibility index (Phi) is 3.64. The maximum atomic E-state index is 11.5. The van der Waals surface area contributed by atoms with E-state index in [1.165, 1.54) is 7.11 Å². The Bertz CT molecular complexity index is 863. The number of nitrogens with zero attached hydrogens (tertiary/aromatic N) is 4. The molecule has 124 valence electrons. The van der Waals surface area contributed by atoms with E-state index >= 15 is 0 Å². The molecular formula is C16H17N5O3. The molecule has 24 heavy (non-hydrogen) atoms. The molecule has 1 fully saturated rings. The summed E-state index contributed by atoms with van der Waals surface area (Å²) in [5, 5.41) is 12.1. The lowest BCUT2D eigenvalue weighted by atomic mass is 9.97. The van der Waals surface area contributed by atoms with Crippen molar-refractivity contribution in [1.29, 1.82) is 0 Å². The molecule has 2 aromatic heterocycles. The molecule has 1 aliphatic heterocycles. The van der Waals surface area contributed by atoms with E-state index in [2.05, 4.69) is 20.3 Å². The fourth-order valence-corrected chi connectivity index (χ4v) is 3.03. The highest BCUT2D eigenvalue weighted by Crippen LogP contribution is 2.29. The second kappa shape index (κ2) is 5.95. The SMILES string of the molecule is COC(=O)N1CCC(c2nc(-c3ccc4cn[nH]c4c3)no2)CC1. The van der Waals surface area contributed by atoms with Crippen LogP contribution in [0.2, 0.25) is 0 Å². The number of rotatable bonds is 2. The first kappa shape index (κ1) is 14.7. The number of benzene rings is 1. The molecule has 3 heterocycles. The van der Waals surface area contributed by atoms with Crippen molar-refractivity contribution < 1.29 is 14.1 Å². The Morgan fingerprint density at radius 3 is 3.00 bits per heavy atom. The fraction of sp³-hybridized carbons (Fsp3) is 0.375. The Hall–Kier alpha value is -2.90. The summed E-state index contributed by atoms with van der Waals surface area (Å²) >= 11 is 0. The van der Waals surface area contributed by atoms with Crippen LogP contribution >= 0.6 is 0 Å². The molecule has 1 aliphatic rings. The molecule has 0 unspecified atom stereocenters. The van der Waals surface area contributed by atoms with E-state index in [1.807, 2.05) is 18.2 Å². The molecule has 8 heteroatoms. The van der Waals surface area contributed by atoms with Crippen molar-refractivity contribution in [3.63, 3.8) is 0 Å². The number of piperidine rings is 1. The Labute approximate surface area is 137 Å². The Morgan fingerprint density at radius 1 is 1.38 bits per heavy atom. The van der Waals surface area contributed by atoms with Crippen LogP contribution in [0.1, 0.15) is 24.7 Å². The summed E-state index contributed by atoms with van der Waals surface area (Å²) in [6, 6.07) is 5.88. The molecule has 0 radical (unpaired) electrons. The largest absolute Gasteiger partial charge is 0.453 e. The number of methoxy groups -OCH3 is 1. The maximum absolute atomic E-state index is 11.5. The molecule has 1 saturated heterocycles. The van der Waals surface area contributed by atoms with Gasteiger partial charge in [-0.15, -0.1) is 0 Å². The molecule has 4 rings (SSSR count). The number of aromatic nitrogens is 4. The van der Waals surface area contributed by atoms with Crippen molar-refractivity contribution in [3.05, 3.63) is 30.3 Å². The zero-order valence-corrected chi connectivity index (χ0v) is 13.2. The number of H-pyrrole nitrogens is 1. The number of nitrogens with one attached hydrogen (secondary N) is 1. The summed E-state index contributed by atoms with van der Waals surface area (Å²) in [5.74, 6) is 1.36. The van der Waals surface area contributed by atoms with Gasteiger partial charge in [-0.1, -0.05) is 17.3 Å². The molecule has 0 aliphatic carbocycles. The zero-order valence-electron chi connectivity index (χ0n) is 13.2. The summed E-state index contributed by atoms with van der Waals surface area (Å²) in [6.45, 7) is 1.27. The van der Waals surface area contributed by atoms with Gasteiger partial charge in [0.1, 0.15) is 0 Å². The van der Waals surface area contributed by atoms with E-state index in [-0.39, 0.29) is 12.0 Å². The van der Waals surface area contributed by atoms with E-state index in [1.54, 1.807) is 11.1 Å². The van der Waals surface area contributed by atoms with Crippen molar-refractivity contribution in [2.45, 2.75) is 18.8 Å². The first-order valence-corrected chi connectivity index (χ1v) is 7.84. The smallest absolute Gasteiger partial charge is 0.409 e. The molecule has 0 bridgehead atoms. The lowest BCUT2D eigenvalue weighted by Gasteiger charge is -2.28. The highest BCUT2D eigenvalue weighted by molar-refractivity contribution is 5.82. The second-order valence-electron chi connectivity index (χ2n) is 5.86. The van der Waals surface area contributed by atoms with Crippen LogP contribution in [0.15, 0.2) is 28.9 Å². The zero-order chi connectivity index (χ0) is 16.5. The van der Waals surface area contributed by atoms with Crippen LogP contribution in [-0.4, -0.2) is 51.5 Å². The third kappa shape index (κ3) is 2.60. The van der Waals surface area contributed by atoms with E-state index < -0.39 is 0 Å². The van der Waals surface area contributed by atoms with Gasteiger partial charge in [-0.3, -0.25) is 5.10 Å². The summed E-state index contributed by atoms with van der Waals surface area (Å²) in [6.07, 6.45) is 3.06. The molecule has 0 atom stereocenters. The number of hydrogen-bond donors (Lipinski definition) is 1. The van der Waals surface area contributed by atoms with Crippen LogP contribution in [0.3, 0.4) is 0 Å². The quantitative estimate of drug-likeness (QED) is 0.777. The number of likely N-dealkylation sites (tertiary alicyclic amines) is 1. The number of ether oxygens (including phenoxy) is 1. The predicted octanol–water partition coefficient (Wildman–Crippen LogP) is 2.56. The van der Waals surface area contributed by atoms with Gasteiger partial charge in [-0.2, -0.15) is 10.1 Å². The molecule has 3 aromatic rings. The van der Waals surface area contributed by atoms with Crippen LogP contribution in [0.5, 0.6) is 0 Å². The van der Waals surface area contributed by atoms with E-state index in [0.717, 1.165) is 29.3 Å². The highest BCUT2D eigenvalue weighted by atomic mass is 16.5. The molecule has 1 aromatic carbocycles. The Balaban J connectivity index is 1.50. The molecule has 8 nitrogen and oxygen atoms in total. The third-order valence-electron chi connectivity index (χ3n) is 4.42. The first-order valence-electron chi connectivity index (χ1n) is 7.84. The lowest BCUT2D eigenvalue weighted by Crippen LogP contribution is -2.37. The molecule has 1 N–H and O–H groups in total. The number of amides is 1. The van der Waals surface area contributed by atoms with Crippen molar-refractivity contribution in [1.82, 2.24) is 25.2 Å². The summed E-state index contributed by atoms with van der Waals surface area (Å²) in [4.78, 5) is 17.8. The van der Waals surface area contributed by atoms with Gasteiger partial charge < -0.3 is 14.2 Å². The molecule has 0 saturated carbocycles. The standard InChI is InChI=1S/C16H17N5O3/c1-23-16(22)21-6-4-10(5-7-21)15-18-14(20-24-15)11-2-3-12-9-17-19-13(12)8-11/h2-3,8-10H,4-7H2,1H3,(H,17,19). The van der Waals surface area contributed by atoms with Crippen LogP contribution in [-0.2, 0) is 4.74 Å². The van der Waals surface area contributed by atoms with E-state index in [0.29, 0.717) is 24.8 Å². The van der Waals surface area contributed by atoms with Crippen LogP contribution in [0.25, 0.3) is 22.3 Å². The second-order valence-corrected chi connectivity index (χ2v) is 5.86. The third-order valence-corrected chi connectivity index (χ3v) is 4.42. The summed E-state index contributed by atoms with van der Waals surface area (Å²) in [7, 11) is 1.40. The first-order chi connectivity index (χ1) is 11.7. The van der Waals surface area contributed by atoms with Crippen LogP contribution in [0.4, 0.5) is 4.79 Å². The minimum atomic E-state index is -0.285. The molecular weight excluding hydrogens is 310 g/mol. The van der Waals surface area contributed by atoms with Crippen molar-refractivity contribution in [3.8, 4) is 11.4 Å². The normalized spacial score (nSPS) is 15.8. The number of carbonyl (C=O) groups is 1. The van der Waals surface area contributed by atoms with Gasteiger partial charge in [0.25, 0.3) is 0 Å². The number of fused-ring (bicyclic) bond motifs is 1. The minimum Gasteiger partial charge on any atom is -0.453 e. The van der Waals surface area contributed by atoms with E-state index in [9.17, 15) is 4.79 Å². The van der Waals surface area contributed by atoms with Crippen molar-refractivity contribution >= 4 is 17.0 Å². The molecule has 1 amide bonds. The van der Waals surface area contributed by atoms with Gasteiger partial charge in [0.15, 0.2) is 0 Å². The van der Waals surface area contributed by atoms with Gasteiger partial charge in [-0.25, -0.2) is 4.79 Å². The van der Waals surface area contributed by atoms with Crippen molar-refractivity contribution in [2.24, 2.45) is 0 Å². The Morgan fingerprint density at radius 2 is 2.21 bits per heavy atom. The monoisotopic (exact) mass is 327 g/mol. The average Bonchev–Trinajstić information content (AvgIpc) is 3.29. The van der Waals surface area contributed by atoms with Crippen molar-refractivity contribution in [2.75, 3.05) is 20.2 Å². The average molecular weight is 327 g/mol. The highest BCUT2D eigenvalue weighted by Gasteiger charge is 2.28. The van der Waals surface area contributed by atoms with Gasteiger partial charge in [-0.05, 0) is 18.9 Å². The van der Waals surface area contributed by atoms with Gasteiger partial charge in [0.05, 0.1) is 18.8 Å². The van der Waals surface area contributed by atoms with Gasteiger partial charge >= 0.3 is 6.09 Å².